The second-order valence-corrected chi connectivity index (χ2v) is 1.69. The Morgan fingerprint density at radius 1 is 1.62 bits per heavy atom. The molecule has 0 unspecified atom stereocenters. The van der Waals surface area contributed by atoms with E-state index >= 15 is 0 Å². The Bertz CT molecular complexity index is 76.4. The first-order valence-corrected chi connectivity index (χ1v) is 2.48. The van der Waals surface area contributed by atoms with Gasteiger partial charge in [-0.2, -0.15) is 0 Å². The normalized spacial score (nSPS) is 7.38. The molecule has 1 amide bonds. The molecule has 2 nitrogen and oxygen atoms in total. The van der Waals surface area contributed by atoms with Gasteiger partial charge in [0.2, 0.25) is 5.91 Å². The quantitative estimate of drug-likeness (QED) is 0.365. The van der Waals surface area contributed by atoms with Crippen molar-refractivity contribution in [2.75, 3.05) is 20.0 Å². The molecular formula is C4H9ClNNaO. The van der Waals surface area contributed by atoms with Gasteiger partial charge in [0.15, 0.2) is 0 Å². The zero-order valence-corrected chi connectivity index (χ0v) is 5.20. The van der Waals surface area contributed by atoms with E-state index in [2.05, 4.69) is 0 Å². The van der Waals surface area contributed by atoms with Crippen LogP contribution >= 0.6 is 11.6 Å². The molecule has 0 aliphatic heterocycles. The van der Waals surface area contributed by atoms with Crippen molar-refractivity contribution in [3.63, 3.8) is 0 Å². The zero-order chi connectivity index (χ0) is 5.86. The standard InChI is InChI=1S/C4H8ClNO.Na.H/c1-6(2)4(7)3-5;;/h3H2,1-2H3;;. The van der Waals surface area contributed by atoms with Crippen LogP contribution < -0.4 is 0 Å². The Kier molecular flexibility index (Phi) is 8.50. The molecule has 0 aromatic heterocycles. The van der Waals surface area contributed by atoms with Gasteiger partial charge in [0, 0.05) is 14.1 Å². The van der Waals surface area contributed by atoms with Crippen LogP contribution in [0.15, 0.2) is 0 Å². The third-order valence-corrected chi connectivity index (χ3v) is 0.842. The average molecular weight is 146 g/mol. The molecule has 4 heteroatoms. The number of hydrogen-bond donors (Lipinski definition) is 0. The van der Waals surface area contributed by atoms with Gasteiger partial charge in [0.25, 0.3) is 0 Å². The van der Waals surface area contributed by atoms with Crippen LogP contribution in [0.1, 0.15) is 0 Å². The van der Waals surface area contributed by atoms with Crippen LogP contribution in [0.25, 0.3) is 0 Å². The van der Waals surface area contributed by atoms with Gasteiger partial charge < -0.3 is 4.90 Å². The van der Waals surface area contributed by atoms with Crippen LogP contribution in [-0.2, 0) is 4.79 Å². The molecular weight excluding hydrogens is 136 g/mol. The van der Waals surface area contributed by atoms with E-state index in [9.17, 15) is 4.79 Å². The van der Waals surface area contributed by atoms with Crippen LogP contribution in [0, 0.1) is 0 Å². The van der Waals surface area contributed by atoms with Gasteiger partial charge in [-0.25, -0.2) is 0 Å². The summed E-state index contributed by atoms with van der Waals surface area (Å²) >= 11 is 5.16. The minimum absolute atomic E-state index is 0. The second-order valence-electron chi connectivity index (χ2n) is 1.42. The number of alkyl halides is 1. The Labute approximate surface area is 76.5 Å². The minimum atomic E-state index is -0.0540. The number of carbonyl (C=O) groups excluding carboxylic acids is 1. The van der Waals surface area contributed by atoms with E-state index in [1.807, 2.05) is 0 Å². The molecule has 0 saturated carbocycles. The maximum absolute atomic E-state index is 10.3. The molecule has 0 N–H and O–H groups in total. The summed E-state index contributed by atoms with van der Waals surface area (Å²) in [7, 11) is 3.34. The number of carbonyl (C=O) groups is 1. The summed E-state index contributed by atoms with van der Waals surface area (Å²) < 4.78 is 0. The van der Waals surface area contributed by atoms with E-state index in [0.29, 0.717) is 0 Å². The van der Waals surface area contributed by atoms with Crippen molar-refractivity contribution in [2.45, 2.75) is 0 Å². The summed E-state index contributed by atoms with van der Waals surface area (Å²) in [4.78, 5) is 11.8. The van der Waals surface area contributed by atoms with Crippen LogP contribution in [0.2, 0.25) is 0 Å². The third kappa shape index (κ3) is 4.91. The summed E-state index contributed by atoms with van der Waals surface area (Å²) in [6.45, 7) is 0. The number of halogens is 1. The summed E-state index contributed by atoms with van der Waals surface area (Å²) in [5.41, 5.74) is 0. The number of hydrogen-bond acceptors (Lipinski definition) is 1. The number of amides is 1. The van der Waals surface area contributed by atoms with Crippen LogP contribution in [0.4, 0.5) is 0 Å². The van der Waals surface area contributed by atoms with Crippen LogP contribution in [0.5, 0.6) is 0 Å². The van der Waals surface area contributed by atoms with Crippen molar-refractivity contribution in [3.05, 3.63) is 0 Å². The van der Waals surface area contributed by atoms with E-state index in [4.69, 9.17) is 11.6 Å². The summed E-state index contributed by atoms with van der Waals surface area (Å²) in [5.74, 6) is 0.0224. The van der Waals surface area contributed by atoms with Gasteiger partial charge >= 0.3 is 29.6 Å². The molecule has 0 aliphatic carbocycles. The van der Waals surface area contributed by atoms with E-state index in [-0.39, 0.29) is 41.3 Å². The Hall–Kier alpha value is 0.760. The molecule has 0 aromatic carbocycles. The Morgan fingerprint density at radius 2 is 2.00 bits per heavy atom. The topological polar surface area (TPSA) is 20.3 Å². The van der Waals surface area contributed by atoms with Gasteiger partial charge in [0.05, 0.1) is 0 Å². The molecule has 0 aromatic rings. The van der Waals surface area contributed by atoms with Gasteiger partial charge in [-0.1, -0.05) is 0 Å². The Morgan fingerprint density at radius 3 is 2.00 bits per heavy atom. The van der Waals surface area contributed by atoms with Crippen molar-refractivity contribution in [1.29, 1.82) is 0 Å². The van der Waals surface area contributed by atoms with E-state index in [0.717, 1.165) is 0 Å². The van der Waals surface area contributed by atoms with Gasteiger partial charge in [-0.15, -0.1) is 11.6 Å². The second kappa shape index (κ2) is 5.89. The molecule has 0 fully saturated rings. The Balaban J connectivity index is 0. The zero-order valence-electron chi connectivity index (χ0n) is 4.44. The number of rotatable bonds is 1. The first-order chi connectivity index (χ1) is 3.18. The molecule has 8 heavy (non-hydrogen) atoms. The molecule has 0 bridgehead atoms. The monoisotopic (exact) mass is 145 g/mol. The van der Waals surface area contributed by atoms with E-state index < -0.39 is 0 Å². The average Bonchev–Trinajstić information content (AvgIpc) is 1.65. The summed E-state index contributed by atoms with van der Waals surface area (Å²) in [5, 5.41) is 0. The first kappa shape index (κ1) is 11.5. The molecule has 0 spiro atoms. The molecule has 0 atom stereocenters. The summed E-state index contributed by atoms with van der Waals surface area (Å²) in [6, 6.07) is 0. The predicted molar refractivity (Wildman–Crippen MR) is 36.6 cm³/mol. The van der Waals surface area contributed by atoms with Gasteiger partial charge in [-0.3, -0.25) is 4.79 Å². The first-order valence-electron chi connectivity index (χ1n) is 1.94. The number of nitrogens with zero attached hydrogens (tertiary/aromatic N) is 1. The van der Waals surface area contributed by atoms with Crippen molar-refractivity contribution >= 4 is 47.1 Å². The third-order valence-electron chi connectivity index (χ3n) is 0.613. The molecule has 0 heterocycles. The SMILES string of the molecule is CN(C)C(=O)CCl.[NaH]. The van der Waals surface area contributed by atoms with Gasteiger partial charge in [0.1, 0.15) is 5.88 Å². The molecule has 0 rings (SSSR count). The fraction of sp³-hybridized carbons (Fsp3) is 0.750. The fourth-order valence-electron chi connectivity index (χ4n) is 0.120. The van der Waals surface area contributed by atoms with Crippen LogP contribution in [0.3, 0.4) is 0 Å². The van der Waals surface area contributed by atoms with Crippen molar-refractivity contribution in [1.82, 2.24) is 4.90 Å². The van der Waals surface area contributed by atoms with Gasteiger partial charge in [-0.05, 0) is 0 Å². The van der Waals surface area contributed by atoms with E-state index in [1.165, 1.54) is 4.90 Å². The van der Waals surface area contributed by atoms with Crippen molar-refractivity contribution < 1.29 is 4.79 Å². The predicted octanol–water partition coefficient (Wildman–Crippen LogP) is -0.335. The molecule has 44 valence electrons. The maximum atomic E-state index is 10.3. The molecule has 0 saturated heterocycles. The van der Waals surface area contributed by atoms with Crippen LogP contribution in [-0.4, -0.2) is 60.3 Å². The van der Waals surface area contributed by atoms with Crippen molar-refractivity contribution in [2.24, 2.45) is 0 Å². The fourth-order valence-corrected chi connectivity index (χ4v) is 0.359. The molecule has 0 radical (unpaired) electrons. The molecule has 0 aliphatic rings. The van der Waals surface area contributed by atoms with Crippen molar-refractivity contribution in [3.8, 4) is 0 Å². The van der Waals surface area contributed by atoms with E-state index in [1.54, 1.807) is 14.1 Å². The summed E-state index contributed by atoms with van der Waals surface area (Å²) in [6.07, 6.45) is 0.